The average molecular weight is 293 g/mol. The maximum atomic E-state index is 11.6. The van der Waals surface area contributed by atoms with Gasteiger partial charge in [0.05, 0.1) is 6.10 Å². The highest BCUT2D eigenvalue weighted by atomic mass is 16.4. The molecule has 0 radical (unpaired) electrons. The third kappa shape index (κ3) is 3.95. The third-order valence-electron chi connectivity index (χ3n) is 3.57. The number of carboxylic acids is 1. The number of amides is 1. The number of carbonyl (C=O) groups is 2. The van der Waals surface area contributed by atoms with Crippen molar-refractivity contribution in [3.05, 3.63) is 29.7 Å². The Morgan fingerprint density at radius 3 is 2.67 bits per heavy atom. The molecule has 0 aliphatic heterocycles. The Balaban J connectivity index is 1.92. The summed E-state index contributed by atoms with van der Waals surface area (Å²) in [7, 11) is 0. The van der Waals surface area contributed by atoms with Crippen LogP contribution in [0.1, 0.15) is 37.7 Å². The zero-order valence-corrected chi connectivity index (χ0v) is 11.9. The Morgan fingerprint density at radius 1 is 1.48 bits per heavy atom. The molecule has 21 heavy (non-hydrogen) atoms. The van der Waals surface area contributed by atoms with Crippen LogP contribution >= 0.6 is 0 Å². The molecule has 0 bridgehead atoms. The van der Waals surface area contributed by atoms with Crippen molar-refractivity contribution >= 4 is 18.0 Å². The van der Waals surface area contributed by atoms with Gasteiger partial charge in [0.15, 0.2) is 6.04 Å². The molecule has 3 N–H and O–H groups in total. The summed E-state index contributed by atoms with van der Waals surface area (Å²) in [5.74, 6) is 0.681. The van der Waals surface area contributed by atoms with Gasteiger partial charge in [-0.2, -0.15) is 0 Å². The normalized spacial score (nSPS) is 23.8. The molecule has 2 rings (SSSR count). The van der Waals surface area contributed by atoms with E-state index in [1.54, 1.807) is 6.07 Å². The van der Waals surface area contributed by atoms with Gasteiger partial charge in [0.1, 0.15) is 11.5 Å². The van der Waals surface area contributed by atoms with Crippen LogP contribution in [0.3, 0.4) is 0 Å². The van der Waals surface area contributed by atoms with Gasteiger partial charge >= 0.3 is 5.97 Å². The summed E-state index contributed by atoms with van der Waals surface area (Å²) in [6.45, 7) is 3.45. The number of aliphatic carboxylic acids is 1. The van der Waals surface area contributed by atoms with E-state index in [0.717, 1.165) is 12.2 Å². The van der Waals surface area contributed by atoms with E-state index in [1.807, 2.05) is 6.07 Å². The van der Waals surface area contributed by atoms with Gasteiger partial charge in [-0.05, 0) is 37.5 Å². The summed E-state index contributed by atoms with van der Waals surface area (Å²) in [5.41, 5.74) is 0. The van der Waals surface area contributed by atoms with Gasteiger partial charge in [-0.15, -0.1) is 0 Å². The first kappa shape index (κ1) is 15.3. The summed E-state index contributed by atoms with van der Waals surface area (Å²) in [6.07, 6.45) is 2.61. The lowest BCUT2D eigenvalue weighted by molar-refractivity contribution is -0.144. The van der Waals surface area contributed by atoms with Gasteiger partial charge in [-0.1, -0.05) is 6.92 Å². The number of carboxylic acid groups (broad SMARTS) is 1. The quantitative estimate of drug-likeness (QED) is 0.688. The fourth-order valence-corrected chi connectivity index (χ4v) is 2.12. The summed E-state index contributed by atoms with van der Waals surface area (Å²) < 4.78 is 5.60. The Hall–Kier alpha value is -2.08. The molecule has 2 unspecified atom stereocenters. The molecule has 1 fully saturated rings. The zero-order chi connectivity index (χ0) is 15.6. The smallest absolute Gasteiger partial charge is 0.328 e. The van der Waals surface area contributed by atoms with Crippen molar-refractivity contribution in [2.24, 2.45) is 5.92 Å². The summed E-state index contributed by atoms with van der Waals surface area (Å²) in [5, 5.41) is 20.3. The third-order valence-corrected chi connectivity index (χ3v) is 3.57. The second-order valence-corrected chi connectivity index (χ2v) is 5.46. The molecule has 4 atom stereocenters. The minimum atomic E-state index is -1.33. The van der Waals surface area contributed by atoms with E-state index < -0.39 is 24.0 Å². The van der Waals surface area contributed by atoms with Crippen LogP contribution in [0.15, 0.2) is 22.6 Å². The van der Waals surface area contributed by atoms with E-state index >= 15 is 0 Å². The largest absolute Gasteiger partial charge is 0.480 e. The van der Waals surface area contributed by atoms with Crippen molar-refractivity contribution < 1.29 is 24.2 Å². The summed E-state index contributed by atoms with van der Waals surface area (Å²) in [6, 6.07) is 2.33. The molecule has 1 aliphatic carbocycles. The van der Waals surface area contributed by atoms with Gasteiger partial charge in [-0.25, -0.2) is 4.79 Å². The number of nitrogens with one attached hydrogen (secondary N) is 1. The second kappa shape index (κ2) is 6.13. The summed E-state index contributed by atoms with van der Waals surface area (Å²) in [4.78, 5) is 22.5. The monoisotopic (exact) mass is 293 g/mol. The van der Waals surface area contributed by atoms with Crippen molar-refractivity contribution in [1.29, 1.82) is 0 Å². The van der Waals surface area contributed by atoms with Crippen LogP contribution in [0, 0.1) is 5.92 Å². The summed E-state index contributed by atoms with van der Waals surface area (Å²) >= 11 is 0. The standard InChI is InChI=1S/C15H19NO5/c1-8-7-11(8)12-5-3-10(21-12)4-6-13(18)16-14(9(2)17)15(19)20/h3-6,8-9,11,14,17H,7H2,1-2H3,(H,16,18)(H,19,20)/b6-4+/t8?,9-,11?,14+/m1/s1. The van der Waals surface area contributed by atoms with Gasteiger partial charge in [-0.3, -0.25) is 4.79 Å². The van der Waals surface area contributed by atoms with Crippen molar-refractivity contribution in [1.82, 2.24) is 5.32 Å². The fraction of sp³-hybridized carbons (Fsp3) is 0.467. The van der Waals surface area contributed by atoms with Crippen LogP contribution in [-0.4, -0.2) is 34.2 Å². The molecule has 114 valence electrons. The maximum Gasteiger partial charge on any atom is 0.328 e. The van der Waals surface area contributed by atoms with Crippen molar-refractivity contribution in [2.75, 3.05) is 0 Å². The molecule has 1 saturated carbocycles. The maximum absolute atomic E-state index is 11.6. The lowest BCUT2D eigenvalue weighted by Crippen LogP contribution is -2.47. The van der Waals surface area contributed by atoms with E-state index in [1.165, 1.54) is 19.1 Å². The van der Waals surface area contributed by atoms with Crippen LogP contribution in [0.2, 0.25) is 0 Å². The molecule has 0 saturated heterocycles. The number of hydrogen-bond acceptors (Lipinski definition) is 4. The SMILES string of the molecule is CC1CC1c1ccc(/C=C/C(=O)N[C@H](C(=O)O)[C@@H](C)O)o1. The van der Waals surface area contributed by atoms with E-state index in [-0.39, 0.29) is 0 Å². The Labute approximate surface area is 122 Å². The highest BCUT2D eigenvalue weighted by Crippen LogP contribution is 2.47. The number of furan rings is 1. The number of aliphatic hydroxyl groups excluding tert-OH is 1. The number of carbonyl (C=O) groups excluding carboxylic acids is 1. The van der Waals surface area contributed by atoms with Crippen molar-refractivity contribution in [2.45, 2.75) is 38.3 Å². The number of rotatable bonds is 6. The molecule has 1 amide bonds. The van der Waals surface area contributed by atoms with Crippen LogP contribution in [0.5, 0.6) is 0 Å². The minimum absolute atomic E-state index is 0.465. The van der Waals surface area contributed by atoms with Gasteiger partial charge in [0.25, 0.3) is 0 Å². The van der Waals surface area contributed by atoms with Crippen LogP contribution in [0.25, 0.3) is 6.08 Å². The van der Waals surface area contributed by atoms with E-state index in [9.17, 15) is 14.7 Å². The van der Waals surface area contributed by atoms with E-state index in [2.05, 4.69) is 12.2 Å². The fourth-order valence-electron chi connectivity index (χ4n) is 2.12. The zero-order valence-electron chi connectivity index (χ0n) is 11.9. The molecule has 6 heteroatoms. The highest BCUT2D eigenvalue weighted by Gasteiger charge is 2.36. The molecule has 1 aliphatic rings. The lowest BCUT2D eigenvalue weighted by atomic mass is 10.2. The molecule has 1 aromatic rings. The average Bonchev–Trinajstić information content (AvgIpc) is 2.96. The molecule has 1 aromatic heterocycles. The number of aliphatic hydroxyl groups is 1. The highest BCUT2D eigenvalue weighted by molar-refractivity contribution is 5.94. The predicted octanol–water partition coefficient (Wildman–Crippen LogP) is 1.37. The first-order valence-electron chi connectivity index (χ1n) is 6.87. The molecule has 6 nitrogen and oxygen atoms in total. The Bertz CT molecular complexity index is 560. The van der Waals surface area contributed by atoms with Crippen molar-refractivity contribution in [3.8, 4) is 0 Å². The molecular formula is C15H19NO5. The van der Waals surface area contributed by atoms with Gasteiger partial charge in [0.2, 0.25) is 5.91 Å². The van der Waals surface area contributed by atoms with Gasteiger partial charge in [0, 0.05) is 12.0 Å². The van der Waals surface area contributed by atoms with Crippen LogP contribution in [0.4, 0.5) is 0 Å². The van der Waals surface area contributed by atoms with Gasteiger partial charge < -0.3 is 19.9 Å². The predicted molar refractivity (Wildman–Crippen MR) is 75.5 cm³/mol. The van der Waals surface area contributed by atoms with Crippen molar-refractivity contribution in [3.63, 3.8) is 0 Å². The molecule has 1 heterocycles. The van der Waals surface area contributed by atoms with E-state index in [0.29, 0.717) is 17.6 Å². The van der Waals surface area contributed by atoms with Crippen LogP contribution in [-0.2, 0) is 9.59 Å². The van der Waals surface area contributed by atoms with Crippen LogP contribution < -0.4 is 5.32 Å². The first-order valence-corrected chi connectivity index (χ1v) is 6.87. The second-order valence-electron chi connectivity index (χ2n) is 5.46. The number of hydrogen-bond donors (Lipinski definition) is 3. The molecule has 0 spiro atoms. The van der Waals surface area contributed by atoms with E-state index in [4.69, 9.17) is 9.52 Å². The Morgan fingerprint density at radius 2 is 2.14 bits per heavy atom. The molecule has 0 aromatic carbocycles. The minimum Gasteiger partial charge on any atom is -0.480 e. The molecular weight excluding hydrogens is 274 g/mol. The lowest BCUT2D eigenvalue weighted by Gasteiger charge is -2.15. The topological polar surface area (TPSA) is 99.8 Å². The first-order chi connectivity index (χ1) is 9.88. The Kier molecular flexibility index (Phi) is 4.47.